The van der Waals surface area contributed by atoms with Crippen LogP contribution >= 0.6 is 7.37 Å². The Morgan fingerprint density at radius 3 is 1.89 bits per heavy atom. The van der Waals surface area contributed by atoms with E-state index in [0.717, 1.165) is 0 Å². The summed E-state index contributed by atoms with van der Waals surface area (Å²) in [6.07, 6.45) is 0. The first-order valence-electron chi connectivity index (χ1n) is 8.43. The predicted molar refractivity (Wildman–Crippen MR) is 104 cm³/mol. The summed E-state index contributed by atoms with van der Waals surface area (Å²) >= 11 is 0. The lowest BCUT2D eigenvalue weighted by atomic mass is 10.2. The third kappa shape index (κ3) is 4.27. The maximum absolute atomic E-state index is 13.8. The van der Waals surface area contributed by atoms with Gasteiger partial charge in [0.15, 0.2) is 0 Å². The first kappa shape index (κ1) is 18.9. The number of carbonyl (C=O) groups excluding carboxylic acids is 1. The molecule has 138 valence electrons. The van der Waals surface area contributed by atoms with Crippen LogP contribution in [0, 0.1) is 0 Å². The van der Waals surface area contributed by atoms with Crippen LogP contribution in [0.15, 0.2) is 84.9 Å². The molecule has 0 saturated heterocycles. The summed E-state index contributed by atoms with van der Waals surface area (Å²) in [5.41, 5.74) is 0.151. The Morgan fingerprint density at radius 2 is 1.33 bits per heavy atom. The molecule has 0 aliphatic rings. The van der Waals surface area contributed by atoms with E-state index in [1.807, 2.05) is 0 Å². The van der Waals surface area contributed by atoms with Crippen molar-refractivity contribution < 1.29 is 23.7 Å². The van der Waals surface area contributed by atoms with E-state index >= 15 is 0 Å². The monoisotopic (exact) mass is 382 g/mol. The Labute approximate surface area is 157 Å². The van der Waals surface area contributed by atoms with Crippen LogP contribution in [0.5, 0.6) is 5.75 Å². The highest BCUT2D eigenvalue weighted by molar-refractivity contribution is 7.74. The molecule has 0 spiro atoms. The summed E-state index contributed by atoms with van der Waals surface area (Å²) in [4.78, 5) is 12.9. The number of aliphatic hydroxyl groups excluding tert-OH is 1. The van der Waals surface area contributed by atoms with Gasteiger partial charge in [0.1, 0.15) is 17.9 Å². The second kappa shape index (κ2) is 8.67. The Bertz CT molecular complexity index is 898. The number of aliphatic hydroxyl groups is 1. The molecular formula is C21H19O5P. The van der Waals surface area contributed by atoms with Gasteiger partial charge >= 0.3 is 13.3 Å². The number of rotatable bonds is 7. The molecule has 0 unspecified atom stereocenters. The standard InChI is InChI=1S/C21H19O5P/c22-15-16-25-20-14-8-7-13-19(20)21(23)26-27(24,17-9-3-1-4-10-17)18-11-5-2-6-12-18/h1-14,22H,15-16H2. The first-order chi connectivity index (χ1) is 13.1. The predicted octanol–water partition coefficient (Wildman–Crippen LogP) is 3.14. The van der Waals surface area contributed by atoms with Gasteiger partial charge < -0.3 is 14.4 Å². The van der Waals surface area contributed by atoms with Gasteiger partial charge in [-0.15, -0.1) is 0 Å². The van der Waals surface area contributed by atoms with E-state index in [1.54, 1.807) is 78.9 Å². The number of para-hydroxylation sites is 1. The topological polar surface area (TPSA) is 72.8 Å². The van der Waals surface area contributed by atoms with Gasteiger partial charge in [-0.2, -0.15) is 0 Å². The highest BCUT2D eigenvalue weighted by Gasteiger charge is 2.33. The number of carbonyl (C=O) groups is 1. The molecule has 6 heteroatoms. The molecule has 3 aromatic carbocycles. The van der Waals surface area contributed by atoms with Gasteiger partial charge in [-0.25, -0.2) is 4.79 Å². The van der Waals surface area contributed by atoms with Gasteiger partial charge in [-0.1, -0.05) is 48.5 Å². The van der Waals surface area contributed by atoms with Crippen molar-refractivity contribution in [3.05, 3.63) is 90.5 Å². The molecule has 0 atom stereocenters. The third-order valence-corrected chi connectivity index (χ3v) is 6.24. The van der Waals surface area contributed by atoms with E-state index in [1.165, 1.54) is 6.07 Å². The normalized spacial score (nSPS) is 11.0. The van der Waals surface area contributed by atoms with Crippen LogP contribution in [0.1, 0.15) is 10.4 Å². The van der Waals surface area contributed by atoms with Crippen LogP contribution in [-0.4, -0.2) is 24.3 Å². The van der Waals surface area contributed by atoms with Crippen molar-refractivity contribution in [2.24, 2.45) is 0 Å². The van der Waals surface area contributed by atoms with E-state index in [9.17, 15) is 9.36 Å². The smallest absolute Gasteiger partial charge is 0.347 e. The van der Waals surface area contributed by atoms with Crippen LogP contribution in [0.4, 0.5) is 0 Å². The van der Waals surface area contributed by atoms with Gasteiger partial charge in [0.25, 0.3) is 0 Å². The maximum atomic E-state index is 13.8. The van der Waals surface area contributed by atoms with Gasteiger partial charge in [0, 0.05) is 0 Å². The van der Waals surface area contributed by atoms with Gasteiger partial charge in [0.05, 0.1) is 17.2 Å². The molecule has 1 N–H and O–H groups in total. The fraction of sp³-hybridized carbons (Fsp3) is 0.0952. The number of hydrogen-bond acceptors (Lipinski definition) is 5. The van der Waals surface area contributed by atoms with E-state index in [-0.39, 0.29) is 24.5 Å². The summed E-state index contributed by atoms with van der Waals surface area (Å²) in [6, 6.07) is 23.8. The van der Waals surface area contributed by atoms with Crippen molar-refractivity contribution in [3.8, 4) is 5.75 Å². The van der Waals surface area contributed by atoms with Crippen molar-refractivity contribution >= 4 is 23.9 Å². The Hall–Kier alpha value is -2.88. The molecule has 5 nitrogen and oxygen atoms in total. The van der Waals surface area contributed by atoms with Crippen LogP contribution in [0.3, 0.4) is 0 Å². The molecule has 0 aliphatic carbocycles. The van der Waals surface area contributed by atoms with Gasteiger partial charge in [-0.3, -0.25) is 4.57 Å². The molecule has 0 heterocycles. The van der Waals surface area contributed by atoms with Crippen LogP contribution in [0.25, 0.3) is 0 Å². The Balaban J connectivity index is 1.99. The van der Waals surface area contributed by atoms with E-state index in [0.29, 0.717) is 10.6 Å². The highest BCUT2D eigenvalue weighted by atomic mass is 31.2. The molecule has 27 heavy (non-hydrogen) atoms. The third-order valence-electron chi connectivity index (χ3n) is 3.86. The average molecular weight is 382 g/mol. The molecule has 0 fully saturated rings. The lowest BCUT2D eigenvalue weighted by Crippen LogP contribution is -2.21. The van der Waals surface area contributed by atoms with E-state index in [4.69, 9.17) is 14.4 Å². The molecule has 3 aromatic rings. The highest BCUT2D eigenvalue weighted by Crippen LogP contribution is 2.45. The number of benzene rings is 3. The average Bonchev–Trinajstić information content (AvgIpc) is 2.73. The first-order valence-corrected chi connectivity index (χ1v) is 10.1. The van der Waals surface area contributed by atoms with E-state index in [2.05, 4.69) is 0 Å². The fourth-order valence-electron chi connectivity index (χ4n) is 2.59. The maximum Gasteiger partial charge on any atom is 0.347 e. The number of hydrogen-bond donors (Lipinski definition) is 1. The van der Waals surface area contributed by atoms with Crippen LogP contribution in [-0.2, 0) is 9.09 Å². The zero-order valence-corrected chi connectivity index (χ0v) is 15.4. The molecular weight excluding hydrogens is 363 g/mol. The summed E-state index contributed by atoms with van der Waals surface area (Å²) < 4.78 is 24.8. The second-order valence-electron chi connectivity index (χ2n) is 5.67. The van der Waals surface area contributed by atoms with Crippen molar-refractivity contribution in [2.45, 2.75) is 0 Å². The zero-order valence-electron chi connectivity index (χ0n) is 14.5. The van der Waals surface area contributed by atoms with Crippen LogP contribution in [0.2, 0.25) is 0 Å². The zero-order chi connectivity index (χ0) is 19.1. The largest absolute Gasteiger partial charge is 0.490 e. The van der Waals surface area contributed by atoms with Gasteiger partial charge in [-0.05, 0) is 36.4 Å². The number of ether oxygens (including phenoxy) is 1. The minimum absolute atomic E-state index is 0.0410. The summed E-state index contributed by atoms with van der Waals surface area (Å²) in [6.45, 7) is -0.144. The molecule has 0 amide bonds. The summed E-state index contributed by atoms with van der Waals surface area (Å²) in [7, 11) is -3.65. The Kier molecular flexibility index (Phi) is 6.07. The lowest BCUT2D eigenvalue weighted by Gasteiger charge is -2.20. The molecule has 0 radical (unpaired) electrons. The van der Waals surface area contributed by atoms with Crippen molar-refractivity contribution in [1.82, 2.24) is 0 Å². The van der Waals surface area contributed by atoms with E-state index < -0.39 is 13.3 Å². The molecule has 0 saturated carbocycles. The summed E-state index contributed by atoms with van der Waals surface area (Å²) in [5.74, 6) is -0.483. The molecule has 0 aromatic heterocycles. The quantitative estimate of drug-likeness (QED) is 0.636. The van der Waals surface area contributed by atoms with Crippen molar-refractivity contribution in [1.29, 1.82) is 0 Å². The van der Waals surface area contributed by atoms with Gasteiger partial charge in [0.2, 0.25) is 0 Å². The van der Waals surface area contributed by atoms with Crippen molar-refractivity contribution in [2.75, 3.05) is 13.2 Å². The summed E-state index contributed by atoms with van der Waals surface area (Å²) in [5, 5.41) is 9.81. The SMILES string of the molecule is O=C(OP(=O)(c1ccccc1)c1ccccc1)c1ccccc1OCCO. The second-order valence-corrected chi connectivity index (χ2v) is 7.99. The molecule has 0 aliphatic heterocycles. The molecule has 3 rings (SSSR count). The minimum Gasteiger partial charge on any atom is -0.490 e. The Morgan fingerprint density at radius 1 is 0.815 bits per heavy atom. The van der Waals surface area contributed by atoms with Crippen LogP contribution < -0.4 is 15.3 Å². The lowest BCUT2D eigenvalue weighted by molar-refractivity contribution is 0.0741. The fourth-order valence-corrected chi connectivity index (χ4v) is 4.56. The molecule has 0 bridgehead atoms. The van der Waals surface area contributed by atoms with Crippen molar-refractivity contribution in [3.63, 3.8) is 0 Å². The minimum atomic E-state index is -3.65.